The Hall–Kier alpha value is -1.89. The molecule has 0 aliphatic carbocycles. The van der Waals surface area contributed by atoms with Crippen LogP contribution in [-0.4, -0.2) is 27.4 Å². The van der Waals surface area contributed by atoms with Gasteiger partial charge in [0.05, 0.1) is 4.90 Å². The van der Waals surface area contributed by atoms with E-state index in [-0.39, 0.29) is 23.8 Å². The van der Waals surface area contributed by atoms with Crippen molar-refractivity contribution in [3.05, 3.63) is 65.2 Å². The Bertz CT molecular complexity index is 779. The molecule has 0 atom stereocenters. The van der Waals surface area contributed by atoms with Crippen LogP contribution in [0.15, 0.2) is 59.5 Å². The first-order valence-electron chi connectivity index (χ1n) is 7.53. The highest BCUT2D eigenvalue weighted by Gasteiger charge is 2.13. The first-order chi connectivity index (χ1) is 11.5. The molecule has 2 aromatic carbocycles. The fourth-order valence-electron chi connectivity index (χ4n) is 2.11. The fourth-order valence-corrected chi connectivity index (χ4v) is 3.37. The van der Waals surface area contributed by atoms with E-state index in [0.717, 1.165) is 5.56 Å². The zero-order valence-electron chi connectivity index (χ0n) is 13.0. The zero-order valence-corrected chi connectivity index (χ0v) is 14.6. The molecule has 5 nitrogen and oxygen atoms in total. The summed E-state index contributed by atoms with van der Waals surface area (Å²) in [5, 5.41) is 3.42. The predicted octanol–water partition coefficient (Wildman–Crippen LogP) is 2.37. The van der Waals surface area contributed by atoms with Crippen molar-refractivity contribution >= 4 is 27.5 Å². The standard InChI is InChI=1S/C17H19ClN2O3S/c18-15-6-4-5-14(13-15)9-11-19-17(21)10-12-20-24(22,23)16-7-2-1-3-8-16/h1-8,13,20H,9-12H2,(H,19,21). The van der Waals surface area contributed by atoms with Crippen molar-refractivity contribution in [2.45, 2.75) is 17.7 Å². The highest BCUT2D eigenvalue weighted by atomic mass is 35.5. The van der Waals surface area contributed by atoms with Gasteiger partial charge in [0.1, 0.15) is 0 Å². The van der Waals surface area contributed by atoms with E-state index in [1.807, 2.05) is 18.2 Å². The van der Waals surface area contributed by atoms with Gasteiger partial charge >= 0.3 is 0 Å². The summed E-state index contributed by atoms with van der Waals surface area (Å²) in [4.78, 5) is 11.9. The van der Waals surface area contributed by atoms with Crippen LogP contribution < -0.4 is 10.0 Å². The Morgan fingerprint density at radius 3 is 2.46 bits per heavy atom. The van der Waals surface area contributed by atoms with Crippen LogP contribution in [0.3, 0.4) is 0 Å². The Balaban J connectivity index is 1.70. The molecule has 2 rings (SSSR count). The van der Waals surface area contributed by atoms with Gasteiger partial charge in [-0.05, 0) is 36.2 Å². The fraction of sp³-hybridized carbons (Fsp3) is 0.235. The monoisotopic (exact) mass is 366 g/mol. The van der Waals surface area contributed by atoms with Crippen LogP contribution in [0.1, 0.15) is 12.0 Å². The van der Waals surface area contributed by atoms with E-state index in [1.165, 1.54) is 12.1 Å². The molecule has 7 heteroatoms. The van der Waals surface area contributed by atoms with Gasteiger partial charge in [0.2, 0.25) is 15.9 Å². The van der Waals surface area contributed by atoms with Crippen molar-refractivity contribution in [3.63, 3.8) is 0 Å². The van der Waals surface area contributed by atoms with Gasteiger partial charge in [-0.1, -0.05) is 41.9 Å². The number of rotatable bonds is 8. The third-order valence-corrected chi connectivity index (χ3v) is 5.03. The number of amides is 1. The van der Waals surface area contributed by atoms with E-state index in [4.69, 9.17) is 11.6 Å². The van der Waals surface area contributed by atoms with Crippen molar-refractivity contribution in [2.24, 2.45) is 0 Å². The number of benzene rings is 2. The van der Waals surface area contributed by atoms with Crippen LogP contribution in [0.2, 0.25) is 5.02 Å². The molecular formula is C17H19ClN2O3S. The Labute approximate surface area is 147 Å². The average Bonchev–Trinajstić information content (AvgIpc) is 2.55. The van der Waals surface area contributed by atoms with Crippen molar-refractivity contribution in [1.29, 1.82) is 0 Å². The lowest BCUT2D eigenvalue weighted by molar-refractivity contribution is -0.120. The molecule has 0 radical (unpaired) electrons. The normalized spacial score (nSPS) is 11.2. The molecule has 2 N–H and O–H groups in total. The minimum atomic E-state index is -3.57. The highest BCUT2D eigenvalue weighted by Crippen LogP contribution is 2.10. The minimum Gasteiger partial charge on any atom is -0.356 e. The summed E-state index contributed by atoms with van der Waals surface area (Å²) in [5.41, 5.74) is 1.03. The van der Waals surface area contributed by atoms with E-state index in [1.54, 1.807) is 24.3 Å². The van der Waals surface area contributed by atoms with Gasteiger partial charge in [-0.3, -0.25) is 4.79 Å². The summed E-state index contributed by atoms with van der Waals surface area (Å²) < 4.78 is 26.4. The van der Waals surface area contributed by atoms with Crippen LogP contribution in [0.4, 0.5) is 0 Å². The largest absolute Gasteiger partial charge is 0.356 e. The van der Waals surface area contributed by atoms with Gasteiger partial charge in [0.15, 0.2) is 0 Å². The lowest BCUT2D eigenvalue weighted by atomic mass is 10.1. The molecule has 2 aromatic rings. The van der Waals surface area contributed by atoms with Crippen LogP contribution in [-0.2, 0) is 21.2 Å². The molecule has 0 heterocycles. The molecule has 0 saturated carbocycles. The maximum absolute atomic E-state index is 12.0. The quantitative estimate of drug-likeness (QED) is 0.753. The van der Waals surface area contributed by atoms with Crippen LogP contribution in [0, 0.1) is 0 Å². The summed E-state index contributed by atoms with van der Waals surface area (Å²) >= 11 is 5.90. The molecule has 0 aliphatic rings. The molecule has 0 aliphatic heterocycles. The number of carbonyl (C=O) groups excluding carboxylic acids is 1. The summed E-state index contributed by atoms with van der Waals surface area (Å²) in [5.74, 6) is -0.201. The number of nitrogens with one attached hydrogen (secondary N) is 2. The van der Waals surface area contributed by atoms with Gasteiger partial charge in [-0.25, -0.2) is 13.1 Å². The minimum absolute atomic E-state index is 0.0558. The van der Waals surface area contributed by atoms with Crippen molar-refractivity contribution < 1.29 is 13.2 Å². The average molecular weight is 367 g/mol. The molecule has 0 saturated heterocycles. The second-order valence-corrected chi connectivity index (χ2v) is 7.39. The number of hydrogen-bond donors (Lipinski definition) is 2. The molecule has 0 unspecified atom stereocenters. The molecule has 128 valence electrons. The number of sulfonamides is 1. The summed E-state index contributed by atoms with van der Waals surface area (Å²) in [6, 6.07) is 15.5. The van der Waals surface area contributed by atoms with Crippen LogP contribution in [0.5, 0.6) is 0 Å². The van der Waals surface area contributed by atoms with Gasteiger partial charge in [-0.2, -0.15) is 0 Å². The maximum atomic E-state index is 12.0. The second-order valence-electron chi connectivity index (χ2n) is 5.19. The Kier molecular flexibility index (Phi) is 6.78. The van der Waals surface area contributed by atoms with Crippen LogP contribution in [0.25, 0.3) is 0 Å². The molecule has 24 heavy (non-hydrogen) atoms. The van der Waals surface area contributed by atoms with Crippen molar-refractivity contribution in [2.75, 3.05) is 13.1 Å². The van der Waals surface area contributed by atoms with E-state index < -0.39 is 10.0 Å². The van der Waals surface area contributed by atoms with Crippen molar-refractivity contribution in [3.8, 4) is 0 Å². The van der Waals surface area contributed by atoms with E-state index in [0.29, 0.717) is 18.0 Å². The SMILES string of the molecule is O=C(CCNS(=O)(=O)c1ccccc1)NCCc1cccc(Cl)c1. The van der Waals surface area contributed by atoms with Gasteiger partial charge in [0, 0.05) is 24.5 Å². The molecule has 0 fully saturated rings. The number of hydrogen-bond acceptors (Lipinski definition) is 3. The third kappa shape index (κ3) is 5.96. The van der Waals surface area contributed by atoms with Crippen molar-refractivity contribution in [1.82, 2.24) is 10.0 Å². The first kappa shape index (κ1) is 18.4. The topological polar surface area (TPSA) is 75.3 Å². The zero-order chi connectivity index (χ0) is 17.4. The smallest absolute Gasteiger partial charge is 0.240 e. The van der Waals surface area contributed by atoms with Gasteiger partial charge in [-0.15, -0.1) is 0 Å². The molecular weight excluding hydrogens is 348 g/mol. The molecule has 0 bridgehead atoms. The molecule has 0 aromatic heterocycles. The van der Waals surface area contributed by atoms with Gasteiger partial charge in [0.25, 0.3) is 0 Å². The second kappa shape index (κ2) is 8.82. The highest BCUT2D eigenvalue weighted by molar-refractivity contribution is 7.89. The Morgan fingerprint density at radius 1 is 1.00 bits per heavy atom. The number of halogens is 1. The van der Waals surface area contributed by atoms with Crippen LogP contribution >= 0.6 is 11.6 Å². The predicted molar refractivity (Wildman–Crippen MR) is 94.4 cm³/mol. The van der Waals surface area contributed by atoms with E-state index in [2.05, 4.69) is 10.0 Å². The van der Waals surface area contributed by atoms with E-state index in [9.17, 15) is 13.2 Å². The molecule has 1 amide bonds. The number of carbonyl (C=O) groups is 1. The Morgan fingerprint density at radius 2 is 1.75 bits per heavy atom. The summed E-state index contributed by atoms with van der Waals surface area (Å²) in [6.07, 6.45) is 0.754. The first-order valence-corrected chi connectivity index (χ1v) is 9.39. The molecule has 0 spiro atoms. The summed E-state index contributed by atoms with van der Waals surface area (Å²) in [7, 11) is -3.57. The lowest BCUT2D eigenvalue weighted by Gasteiger charge is -2.08. The van der Waals surface area contributed by atoms with Gasteiger partial charge < -0.3 is 5.32 Å². The lowest BCUT2D eigenvalue weighted by Crippen LogP contribution is -2.31. The summed E-state index contributed by atoms with van der Waals surface area (Å²) in [6.45, 7) is 0.533. The van der Waals surface area contributed by atoms with E-state index >= 15 is 0 Å². The third-order valence-electron chi connectivity index (χ3n) is 3.32. The maximum Gasteiger partial charge on any atom is 0.240 e.